The molecule has 2 unspecified atom stereocenters. The van der Waals surface area contributed by atoms with Gasteiger partial charge in [0.1, 0.15) is 5.82 Å². The van der Waals surface area contributed by atoms with Gasteiger partial charge in [0.2, 0.25) is 0 Å². The maximum atomic E-state index is 13.5. The maximum Gasteiger partial charge on any atom is 0.139 e. The van der Waals surface area contributed by atoms with E-state index < -0.39 is 0 Å². The van der Waals surface area contributed by atoms with Gasteiger partial charge in [-0.25, -0.2) is 4.39 Å². The van der Waals surface area contributed by atoms with E-state index in [-0.39, 0.29) is 5.82 Å². The lowest BCUT2D eigenvalue weighted by atomic mass is 9.95. The van der Waals surface area contributed by atoms with Gasteiger partial charge in [-0.05, 0) is 59.3 Å². The van der Waals surface area contributed by atoms with Crippen LogP contribution in [0.15, 0.2) is 22.7 Å². The molecular formula is C16H23BrFN. The summed E-state index contributed by atoms with van der Waals surface area (Å²) in [4.78, 5) is 0. The highest BCUT2D eigenvalue weighted by atomic mass is 79.9. The van der Waals surface area contributed by atoms with Gasteiger partial charge in [0.25, 0.3) is 0 Å². The van der Waals surface area contributed by atoms with Gasteiger partial charge < -0.3 is 5.32 Å². The van der Waals surface area contributed by atoms with Crippen molar-refractivity contribution in [2.24, 2.45) is 5.92 Å². The summed E-state index contributed by atoms with van der Waals surface area (Å²) in [7, 11) is 0. The minimum absolute atomic E-state index is 0.192. The number of benzene rings is 1. The molecule has 1 N–H and O–H groups in total. The fourth-order valence-corrected chi connectivity index (χ4v) is 3.29. The molecule has 1 aliphatic carbocycles. The Labute approximate surface area is 124 Å². The fraction of sp³-hybridized carbons (Fsp3) is 0.625. The zero-order valence-corrected chi connectivity index (χ0v) is 13.2. The van der Waals surface area contributed by atoms with Crippen molar-refractivity contribution in [3.05, 3.63) is 28.5 Å². The number of hydrogen-bond donors (Lipinski definition) is 1. The van der Waals surface area contributed by atoms with Gasteiger partial charge in [-0.15, -0.1) is 0 Å². The smallest absolute Gasteiger partial charge is 0.139 e. The summed E-state index contributed by atoms with van der Waals surface area (Å²) in [5.41, 5.74) is 0.902. The summed E-state index contributed by atoms with van der Waals surface area (Å²) in [6, 6.07) is 5.80. The summed E-state index contributed by atoms with van der Waals surface area (Å²) in [5, 5.41) is 3.49. The predicted molar refractivity (Wildman–Crippen MR) is 83.0 cm³/mol. The molecule has 1 aliphatic rings. The van der Waals surface area contributed by atoms with E-state index in [1.165, 1.54) is 44.9 Å². The van der Waals surface area contributed by atoms with Crippen molar-refractivity contribution in [1.82, 2.24) is 0 Å². The molecule has 0 amide bonds. The number of anilines is 1. The van der Waals surface area contributed by atoms with E-state index in [0.29, 0.717) is 10.5 Å². The first-order chi connectivity index (χ1) is 9.19. The summed E-state index contributed by atoms with van der Waals surface area (Å²) < 4.78 is 14.0. The van der Waals surface area contributed by atoms with Crippen molar-refractivity contribution in [3.8, 4) is 0 Å². The maximum absolute atomic E-state index is 13.5. The third-order valence-corrected chi connectivity index (χ3v) is 4.72. The molecule has 0 saturated heterocycles. The van der Waals surface area contributed by atoms with Crippen LogP contribution in [0.5, 0.6) is 0 Å². The summed E-state index contributed by atoms with van der Waals surface area (Å²) in [5.74, 6) is 0.709. The zero-order chi connectivity index (χ0) is 13.7. The highest BCUT2D eigenvalue weighted by Gasteiger charge is 2.18. The monoisotopic (exact) mass is 327 g/mol. The third-order valence-electron chi connectivity index (χ3n) is 4.08. The van der Waals surface area contributed by atoms with Crippen LogP contribution in [0.1, 0.15) is 51.9 Å². The van der Waals surface area contributed by atoms with Gasteiger partial charge in [-0.3, -0.25) is 0 Å². The highest BCUT2D eigenvalue weighted by molar-refractivity contribution is 9.10. The standard InChI is InChI=1S/C16H23BrFN/c1-2-4-12-5-3-6-13(8-7-12)19-14-9-10-15(17)16(18)11-14/h9-13,19H,2-8H2,1H3. The van der Waals surface area contributed by atoms with Crippen molar-refractivity contribution in [2.45, 2.75) is 57.9 Å². The number of rotatable bonds is 4. The largest absolute Gasteiger partial charge is 0.382 e. The first kappa shape index (κ1) is 14.8. The van der Waals surface area contributed by atoms with Crippen LogP contribution >= 0.6 is 15.9 Å². The molecule has 0 bridgehead atoms. The Bertz CT molecular complexity index is 408. The van der Waals surface area contributed by atoms with Crippen LogP contribution in [0.2, 0.25) is 0 Å². The Balaban J connectivity index is 1.90. The van der Waals surface area contributed by atoms with Crippen LogP contribution in [0.25, 0.3) is 0 Å². The number of hydrogen-bond acceptors (Lipinski definition) is 1. The van der Waals surface area contributed by atoms with Crippen LogP contribution in [0.3, 0.4) is 0 Å². The van der Waals surface area contributed by atoms with Crippen molar-refractivity contribution in [3.63, 3.8) is 0 Å². The molecule has 2 rings (SSSR count). The molecule has 0 aliphatic heterocycles. The lowest BCUT2D eigenvalue weighted by molar-refractivity contribution is 0.422. The Kier molecular flexibility index (Phi) is 5.68. The molecule has 1 aromatic carbocycles. The van der Waals surface area contributed by atoms with Gasteiger partial charge >= 0.3 is 0 Å². The molecule has 0 radical (unpaired) electrons. The van der Waals surface area contributed by atoms with Crippen molar-refractivity contribution in [1.29, 1.82) is 0 Å². The van der Waals surface area contributed by atoms with Crippen LogP contribution in [-0.4, -0.2) is 6.04 Å². The molecule has 2 atom stereocenters. The quantitative estimate of drug-likeness (QED) is 0.694. The molecule has 1 aromatic rings. The number of nitrogens with one attached hydrogen (secondary N) is 1. The normalized spacial score (nSPS) is 23.9. The molecular weight excluding hydrogens is 305 g/mol. The average Bonchev–Trinajstić information content (AvgIpc) is 2.60. The predicted octanol–water partition coefficient (Wildman–Crippen LogP) is 5.75. The molecule has 1 fully saturated rings. The van der Waals surface area contributed by atoms with Crippen LogP contribution in [-0.2, 0) is 0 Å². The average molecular weight is 328 g/mol. The summed E-state index contributed by atoms with van der Waals surface area (Å²) >= 11 is 3.19. The Morgan fingerprint density at radius 2 is 2.11 bits per heavy atom. The lowest BCUT2D eigenvalue weighted by Crippen LogP contribution is -2.18. The molecule has 19 heavy (non-hydrogen) atoms. The van der Waals surface area contributed by atoms with Gasteiger partial charge in [-0.2, -0.15) is 0 Å². The molecule has 0 aromatic heterocycles. The van der Waals surface area contributed by atoms with E-state index in [1.54, 1.807) is 12.1 Å². The Morgan fingerprint density at radius 3 is 2.84 bits per heavy atom. The first-order valence-electron chi connectivity index (χ1n) is 7.40. The second-order valence-corrected chi connectivity index (χ2v) is 6.49. The molecule has 0 heterocycles. The SMILES string of the molecule is CCCC1CCCC(Nc2ccc(Br)c(F)c2)CC1. The third kappa shape index (κ3) is 4.48. The van der Waals surface area contributed by atoms with E-state index in [2.05, 4.69) is 28.2 Å². The van der Waals surface area contributed by atoms with E-state index in [4.69, 9.17) is 0 Å². The zero-order valence-electron chi connectivity index (χ0n) is 11.6. The second-order valence-electron chi connectivity index (χ2n) is 5.63. The highest BCUT2D eigenvalue weighted by Crippen LogP contribution is 2.29. The van der Waals surface area contributed by atoms with Gasteiger partial charge in [0.15, 0.2) is 0 Å². The molecule has 0 spiro atoms. The van der Waals surface area contributed by atoms with Crippen molar-refractivity contribution >= 4 is 21.6 Å². The van der Waals surface area contributed by atoms with Crippen LogP contribution in [0.4, 0.5) is 10.1 Å². The first-order valence-corrected chi connectivity index (χ1v) is 8.20. The molecule has 3 heteroatoms. The second kappa shape index (κ2) is 7.28. The Morgan fingerprint density at radius 1 is 1.26 bits per heavy atom. The fourth-order valence-electron chi connectivity index (χ4n) is 3.04. The minimum Gasteiger partial charge on any atom is -0.382 e. The van der Waals surface area contributed by atoms with Crippen molar-refractivity contribution < 1.29 is 4.39 Å². The lowest BCUT2D eigenvalue weighted by Gasteiger charge is -2.18. The van der Waals surface area contributed by atoms with E-state index in [1.807, 2.05) is 6.07 Å². The molecule has 1 saturated carbocycles. The van der Waals surface area contributed by atoms with Crippen molar-refractivity contribution in [2.75, 3.05) is 5.32 Å². The minimum atomic E-state index is -0.192. The topological polar surface area (TPSA) is 12.0 Å². The number of halogens is 2. The van der Waals surface area contributed by atoms with E-state index >= 15 is 0 Å². The van der Waals surface area contributed by atoms with Gasteiger partial charge in [-0.1, -0.05) is 32.6 Å². The Hall–Kier alpha value is -0.570. The molecule has 1 nitrogen and oxygen atoms in total. The van der Waals surface area contributed by atoms with Gasteiger partial charge in [0, 0.05) is 11.7 Å². The van der Waals surface area contributed by atoms with E-state index in [9.17, 15) is 4.39 Å². The summed E-state index contributed by atoms with van der Waals surface area (Å²) in [6.07, 6.45) is 9.03. The van der Waals surface area contributed by atoms with Gasteiger partial charge in [0.05, 0.1) is 4.47 Å². The molecule has 106 valence electrons. The van der Waals surface area contributed by atoms with E-state index in [0.717, 1.165) is 11.6 Å². The summed E-state index contributed by atoms with van der Waals surface area (Å²) in [6.45, 7) is 2.27. The van der Waals surface area contributed by atoms with Crippen LogP contribution < -0.4 is 5.32 Å². The van der Waals surface area contributed by atoms with Crippen LogP contribution in [0, 0.1) is 11.7 Å².